The minimum absolute atomic E-state index is 0.0644. The lowest BCUT2D eigenvalue weighted by atomic mass is 9.98. The number of rotatable bonds is 4. The number of hydrogen-bond acceptors (Lipinski definition) is 4. The van der Waals surface area contributed by atoms with E-state index in [1.807, 2.05) is 53.4 Å². The number of fused-ring (bicyclic) bond motifs is 1. The number of aromatic nitrogens is 1. The minimum atomic E-state index is 0.0644. The lowest BCUT2D eigenvalue weighted by molar-refractivity contribution is 0.0269. The Hall–Kier alpha value is -2.92. The Labute approximate surface area is 164 Å². The molecule has 0 bridgehead atoms. The van der Waals surface area contributed by atoms with Gasteiger partial charge in [-0.2, -0.15) is 0 Å². The number of benzene rings is 2. The van der Waals surface area contributed by atoms with Gasteiger partial charge in [0, 0.05) is 37.3 Å². The number of likely N-dealkylation sites (tertiary alicyclic amines) is 1. The van der Waals surface area contributed by atoms with Gasteiger partial charge >= 0.3 is 0 Å². The molecule has 0 unspecified atom stereocenters. The molecule has 1 aliphatic heterocycles. The smallest absolute Gasteiger partial charge is 0.253 e. The van der Waals surface area contributed by atoms with Gasteiger partial charge in [0.1, 0.15) is 11.3 Å². The fraction of sp³-hybridized carbons (Fsp3) is 0.304. The van der Waals surface area contributed by atoms with E-state index in [9.17, 15) is 4.79 Å². The summed E-state index contributed by atoms with van der Waals surface area (Å²) in [5, 5.41) is 1.03. The minimum Gasteiger partial charge on any atom is -0.494 e. The summed E-state index contributed by atoms with van der Waals surface area (Å²) in [4.78, 5) is 19.2. The Balaban J connectivity index is 1.62. The van der Waals surface area contributed by atoms with Gasteiger partial charge in [-0.3, -0.25) is 9.78 Å². The second-order valence-corrected chi connectivity index (χ2v) is 7.04. The molecule has 0 spiro atoms. The van der Waals surface area contributed by atoms with Crippen molar-refractivity contribution in [2.24, 2.45) is 0 Å². The maximum Gasteiger partial charge on any atom is 0.253 e. The molecule has 1 saturated heterocycles. The van der Waals surface area contributed by atoms with Crippen LogP contribution in [-0.4, -0.2) is 49.2 Å². The fourth-order valence-corrected chi connectivity index (χ4v) is 3.85. The van der Waals surface area contributed by atoms with E-state index in [2.05, 4.69) is 4.98 Å². The van der Waals surface area contributed by atoms with Gasteiger partial charge in [-0.05, 0) is 54.3 Å². The highest BCUT2D eigenvalue weighted by molar-refractivity contribution is 5.99. The van der Waals surface area contributed by atoms with Crippen molar-refractivity contribution in [1.29, 1.82) is 0 Å². The predicted octanol–water partition coefficient (Wildman–Crippen LogP) is 4.16. The second-order valence-electron chi connectivity index (χ2n) is 7.04. The Morgan fingerprint density at radius 2 is 1.93 bits per heavy atom. The van der Waals surface area contributed by atoms with Gasteiger partial charge in [-0.15, -0.1) is 0 Å². The number of nitrogens with zero attached hydrogens (tertiary/aromatic N) is 2. The monoisotopic (exact) mass is 376 g/mol. The van der Waals surface area contributed by atoms with E-state index >= 15 is 0 Å². The standard InChI is InChI=1S/C23H24N2O3/c1-27-18-5-4-14-25(15-18)23(26)17-9-7-16(8-10-17)19-11-12-21(28-2)22-20(19)6-3-13-24-22/h3,6-13,18H,4-5,14-15H2,1-2H3/t18-/m1/s1. The van der Waals surface area contributed by atoms with Gasteiger partial charge in [0.15, 0.2) is 0 Å². The third-order valence-electron chi connectivity index (χ3n) is 5.39. The number of amides is 1. The Bertz CT molecular complexity index is 985. The highest BCUT2D eigenvalue weighted by Gasteiger charge is 2.24. The lowest BCUT2D eigenvalue weighted by Crippen LogP contribution is -2.42. The van der Waals surface area contributed by atoms with Crippen molar-refractivity contribution in [2.75, 3.05) is 27.3 Å². The van der Waals surface area contributed by atoms with E-state index in [-0.39, 0.29) is 12.0 Å². The van der Waals surface area contributed by atoms with Crippen molar-refractivity contribution in [3.05, 3.63) is 60.3 Å². The third kappa shape index (κ3) is 3.45. The average Bonchev–Trinajstić information content (AvgIpc) is 2.78. The van der Waals surface area contributed by atoms with Gasteiger partial charge in [-0.1, -0.05) is 18.2 Å². The summed E-state index contributed by atoms with van der Waals surface area (Å²) in [7, 11) is 3.36. The predicted molar refractivity (Wildman–Crippen MR) is 110 cm³/mol. The van der Waals surface area contributed by atoms with E-state index in [1.165, 1.54) is 0 Å². The SMILES string of the molecule is COc1ccc(-c2ccc(C(=O)N3CCC[C@@H](OC)C3)cc2)c2cccnc12. The quantitative estimate of drug-likeness (QED) is 0.686. The largest absolute Gasteiger partial charge is 0.494 e. The molecule has 0 saturated carbocycles. The molecule has 1 amide bonds. The van der Waals surface area contributed by atoms with Crippen LogP contribution in [0.15, 0.2) is 54.7 Å². The Kier molecular flexibility index (Phi) is 5.26. The summed E-state index contributed by atoms with van der Waals surface area (Å²) in [5.41, 5.74) is 3.66. The van der Waals surface area contributed by atoms with Gasteiger partial charge in [0.05, 0.1) is 13.2 Å². The van der Waals surface area contributed by atoms with Crippen LogP contribution < -0.4 is 4.74 Å². The number of ether oxygens (including phenoxy) is 2. The van der Waals surface area contributed by atoms with Crippen LogP contribution in [0.3, 0.4) is 0 Å². The van der Waals surface area contributed by atoms with Crippen molar-refractivity contribution >= 4 is 16.8 Å². The molecule has 0 radical (unpaired) electrons. The molecule has 4 rings (SSSR count). The molecular weight excluding hydrogens is 352 g/mol. The van der Waals surface area contributed by atoms with E-state index in [0.29, 0.717) is 12.1 Å². The molecule has 1 aromatic heterocycles. The highest BCUT2D eigenvalue weighted by Crippen LogP contribution is 2.33. The molecule has 28 heavy (non-hydrogen) atoms. The maximum absolute atomic E-state index is 12.8. The number of carbonyl (C=O) groups is 1. The van der Waals surface area contributed by atoms with Crippen LogP contribution in [0.25, 0.3) is 22.0 Å². The van der Waals surface area contributed by atoms with Crippen LogP contribution in [0.4, 0.5) is 0 Å². The zero-order valence-electron chi connectivity index (χ0n) is 16.2. The number of carbonyl (C=O) groups excluding carboxylic acids is 1. The van der Waals surface area contributed by atoms with Crippen LogP contribution in [0.2, 0.25) is 0 Å². The second kappa shape index (κ2) is 7.98. The van der Waals surface area contributed by atoms with Crippen molar-refractivity contribution in [3.8, 4) is 16.9 Å². The Morgan fingerprint density at radius 3 is 2.68 bits per heavy atom. The molecule has 3 aromatic rings. The van der Waals surface area contributed by atoms with Crippen molar-refractivity contribution in [2.45, 2.75) is 18.9 Å². The van der Waals surface area contributed by atoms with Gasteiger partial charge in [-0.25, -0.2) is 0 Å². The average molecular weight is 376 g/mol. The first kappa shape index (κ1) is 18.4. The molecule has 1 fully saturated rings. The molecule has 1 atom stereocenters. The first-order chi connectivity index (χ1) is 13.7. The summed E-state index contributed by atoms with van der Waals surface area (Å²) < 4.78 is 10.9. The molecule has 2 aromatic carbocycles. The summed E-state index contributed by atoms with van der Waals surface area (Å²) in [6, 6.07) is 15.7. The molecule has 5 nitrogen and oxygen atoms in total. The number of methoxy groups -OCH3 is 2. The van der Waals surface area contributed by atoms with E-state index in [4.69, 9.17) is 9.47 Å². The summed E-state index contributed by atoms with van der Waals surface area (Å²) in [6.45, 7) is 1.45. The van der Waals surface area contributed by atoms with Crippen LogP contribution in [0.1, 0.15) is 23.2 Å². The van der Waals surface area contributed by atoms with Crippen molar-refractivity contribution in [3.63, 3.8) is 0 Å². The topological polar surface area (TPSA) is 51.7 Å². The van der Waals surface area contributed by atoms with Crippen LogP contribution >= 0.6 is 0 Å². The lowest BCUT2D eigenvalue weighted by Gasteiger charge is -2.32. The summed E-state index contributed by atoms with van der Waals surface area (Å²) in [6.07, 6.45) is 3.89. The molecule has 1 aliphatic rings. The normalized spacial score (nSPS) is 16.9. The van der Waals surface area contributed by atoms with E-state index in [0.717, 1.165) is 47.2 Å². The maximum atomic E-state index is 12.8. The third-order valence-corrected chi connectivity index (χ3v) is 5.39. The number of piperidine rings is 1. The van der Waals surface area contributed by atoms with Crippen LogP contribution in [0.5, 0.6) is 5.75 Å². The van der Waals surface area contributed by atoms with Crippen molar-refractivity contribution in [1.82, 2.24) is 9.88 Å². The van der Waals surface area contributed by atoms with Crippen LogP contribution in [0, 0.1) is 0 Å². The van der Waals surface area contributed by atoms with E-state index < -0.39 is 0 Å². The number of hydrogen-bond donors (Lipinski definition) is 0. The van der Waals surface area contributed by atoms with Gasteiger partial charge < -0.3 is 14.4 Å². The first-order valence-electron chi connectivity index (χ1n) is 9.55. The molecule has 0 N–H and O–H groups in total. The summed E-state index contributed by atoms with van der Waals surface area (Å²) >= 11 is 0. The fourth-order valence-electron chi connectivity index (χ4n) is 3.85. The molecule has 2 heterocycles. The number of pyridine rings is 1. The zero-order valence-corrected chi connectivity index (χ0v) is 16.2. The zero-order chi connectivity index (χ0) is 19.5. The molecular formula is C23H24N2O3. The molecule has 144 valence electrons. The summed E-state index contributed by atoms with van der Waals surface area (Å²) in [5.74, 6) is 0.818. The van der Waals surface area contributed by atoms with Crippen molar-refractivity contribution < 1.29 is 14.3 Å². The van der Waals surface area contributed by atoms with Gasteiger partial charge in [0.25, 0.3) is 5.91 Å². The highest BCUT2D eigenvalue weighted by atomic mass is 16.5. The van der Waals surface area contributed by atoms with Crippen LogP contribution in [-0.2, 0) is 4.74 Å². The molecule has 5 heteroatoms. The first-order valence-corrected chi connectivity index (χ1v) is 9.55. The van der Waals surface area contributed by atoms with E-state index in [1.54, 1.807) is 20.4 Å². The van der Waals surface area contributed by atoms with Gasteiger partial charge in [0.2, 0.25) is 0 Å². The Morgan fingerprint density at radius 1 is 1.11 bits per heavy atom. The molecule has 0 aliphatic carbocycles.